The Morgan fingerprint density at radius 2 is 1.69 bits per heavy atom. The van der Waals surface area contributed by atoms with Gasteiger partial charge in [-0.25, -0.2) is 9.79 Å². The highest BCUT2D eigenvalue weighted by molar-refractivity contribution is 5.81. The molecule has 0 amide bonds. The van der Waals surface area contributed by atoms with Crippen LogP contribution >= 0.6 is 0 Å². The topological polar surface area (TPSA) is 94.9 Å². The van der Waals surface area contributed by atoms with E-state index >= 15 is 0 Å². The van der Waals surface area contributed by atoms with Crippen molar-refractivity contribution >= 4 is 18.1 Å². The lowest BCUT2D eigenvalue weighted by Crippen LogP contribution is -2.29. The van der Waals surface area contributed by atoms with Crippen molar-refractivity contribution in [2.75, 3.05) is 21.3 Å². The van der Waals surface area contributed by atoms with Gasteiger partial charge in [-0.15, -0.1) is 0 Å². The number of benzene rings is 1. The van der Waals surface area contributed by atoms with Crippen LogP contribution in [0.4, 0.5) is 5.82 Å². The van der Waals surface area contributed by atoms with Crippen LogP contribution in [0.5, 0.6) is 17.2 Å². The highest BCUT2D eigenvalue weighted by Gasteiger charge is 2.11. The zero-order valence-electron chi connectivity index (χ0n) is 15.3. The average Bonchev–Trinajstić information content (AvgIpc) is 2.64. The summed E-state index contributed by atoms with van der Waals surface area (Å²) < 4.78 is 17.2. The van der Waals surface area contributed by atoms with Gasteiger partial charge in [-0.05, 0) is 30.7 Å². The maximum absolute atomic E-state index is 11.7. The molecule has 2 aromatic rings. The Hall–Kier alpha value is -3.29. The largest absolute Gasteiger partial charge is 0.493 e. The Morgan fingerprint density at radius 1 is 1.08 bits per heavy atom. The van der Waals surface area contributed by atoms with E-state index in [1.165, 1.54) is 17.9 Å². The molecule has 2 rings (SSSR count). The molecule has 0 saturated heterocycles. The normalized spacial score (nSPS) is 11.3. The molecule has 0 bridgehead atoms. The number of H-pyrrole nitrogens is 1. The molecule has 1 aromatic carbocycles. The van der Waals surface area contributed by atoms with E-state index in [9.17, 15) is 9.59 Å². The van der Waals surface area contributed by atoms with Crippen molar-refractivity contribution in [3.05, 3.63) is 50.2 Å². The summed E-state index contributed by atoms with van der Waals surface area (Å²) in [5.41, 5.74) is 0.210. The first-order valence-corrected chi connectivity index (χ1v) is 7.73. The molecule has 8 nitrogen and oxygen atoms in total. The summed E-state index contributed by atoms with van der Waals surface area (Å²) in [5.74, 6) is 1.88. The highest BCUT2D eigenvalue weighted by atomic mass is 16.5. The number of hydrogen-bond donors (Lipinski definition) is 1. The smallest absolute Gasteiger partial charge is 0.329 e. The molecular weight excluding hydrogens is 338 g/mol. The second kappa shape index (κ2) is 8.19. The summed E-state index contributed by atoms with van der Waals surface area (Å²) in [7, 11) is 6.17. The number of ether oxygens (including phenoxy) is 3. The first kappa shape index (κ1) is 19.0. The van der Waals surface area contributed by atoms with E-state index in [4.69, 9.17) is 14.2 Å². The van der Waals surface area contributed by atoms with Gasteiger partial charge in [-0.1, -0.05) is 6.08 Å². The van der Waals surface area contributed by atoms with E-state index in [0.29, 0.717) is 28.6 Å². The quantitative estimate of drug-likeness (QED) is 0.794. The van der Waals surface area contributed by atoms with Gasteiger partial charge in [-0.3, -0.25) is 14.3 Å². The summed E-state index contributed by atoms with van der Waals surface area (Å²) in [6.45, 7) is 1.61. The van der Waals surface area contributed by atoms with Crippen molar-refractivity contribution in [1.29, 1.82) is 0 Å². The molecule has 26 heavy (non-hydrogen) atoms. The lowest BCUT2D eigenvalue weighted by molar-refractivity contribution is 0.324. The summed E-state index contributed by atoms with van der Waals surface area (Å²) >= 11 is 0. The molecule has 0 radical (unpaired) electrons. The molecule has 0 atom stereocenters. The number of aromatic nitrogens is 2. The van der Waals surface area contributed by atoms with Crippen molar-refractivity contribution in [3.63, 3.8) is 0 Å². The molecule has 1 heterocycles. The van der Waals surface area contributed by atoms with Gasteiger partial charge in [0.25, 0.3) is 5.56 Å². The van der Waals surface area contributed by atoms with Crippen LogP contribution in [0.15, 0.2) is 32.8 Å². The summed E-state index contributed by atoms with van der Waals surface area (Å²) in [6.07, 6.45) is 4.98. The number of aliphatic imine (C=N–C) groups is 1. The Labute approximate surface area is 150 Å². The minimum Gasteiger partial charge on any atom is -0.493 e. The minimum absolute atomic E-state index is 0.299. The number of nitrogens with zero attached hydrogens (tertiary/aromatic N) is 2. The Kier molecular flexibility index (Phi) is 6.00. The van der Waals surface area contributed by atoms with Crippen LogP contribution in [0.3, 0.4) is 0 Å². The van der Waals surface area contributed by atoms with Gasteiger partial charge in [0, 0.05) is 13.3 Å². The Morgan fingerprint density at radius 3 is 2.23 bits per heavy atom. The van der Waals surface area contributed by atoms with Gasteiger partial charge in [0.2, 0.25) is 5.75 Å². The second-order valence-corrected chi connectivity index (χ2v) is 5.36. The van der Waals surface area contributed by atoms with Crippen LogP contribution in [0.25, 0.3) is 6.08 Å². The summed E-state index contributed by atoms with van der Waals surface area (Å²) in [4.78, 5) is 29.7. The predicted octanol–water partition coefficient (Wildman–Crippen LogP) is 1.82. The predicted molar refractivity (Wildman–Crippen MR) is 100 cm³/mol. The molecule has 1 aromatic heterocycles. The molecule has 0 saturated carbocycles. The fourth-order valence-corrected chi connectivity index (χ4v) is 2.37. The first-order chi connectivity index (χ1) is 12.4. The van der Waals surface area contributed by atoms with Crippen LogP contribution in [0, 0.1) is 6.92 Å². The number of allylic oxidation sites excluding steroid dienone is 1. The van der Waals surface area contributed by atoms with E-state index in [0.717, 1.165) is 5.56 Å². The molecule has 138 valence electrons. The van der Waals surface area contributed by atoms with E-state index in [-0.39, 0.29) is 0 Å². The van der Waals surface area contributed by atoms with Crippen molar-refractivity contribution in [2.45, 2.75) is 6.92 Å². The van der Waals surface area contributed by atoms with Gasteiger partial charge >= 0.3 is 5.69 Å². The minimum atomic E-state index is -0.513. The van der Waals surface area contributed by atoms with Gasteiger partial charge in [-0.2, -0.15) is 0 Å². The number of rotatable bonds is 6. The van der Waals surface area contributed by atoms with Gasteiger partial charge < -0.3 is 14.2 Å². The van der Waals surface area contributed by atoms with Crippen LogP contribution in [0.1, 0.15) is 11.1 Å². The Bertz CT molecular complexity index is 911. The molecule has 0 aliphatic carbocycles. The Balaban J connectivity index is 2.34. The van der Waals surface area contributed by atoms with E-state index in [1.807, 2.05) is 0 Å². The third-order valence-electron chi connectivity index (χ3n) is 3.78. The molecule has 1 N–H and O–H groups in total. The van der Waals surface area contributed by atoms with Crippen LogP contribution < -0.4 is 25.5 Å². The van der Waals surface area contributed by atoms with Crippen LogP contribution in [-0.2, 0) is 7.05 Å². The molecular formula is C18H21N3O5. The van der Waals surface area contributed by atoms with Crippen LogP contribution in [-0.4, -0.2) is 37.1 Å². The number of aromatic amines is 1. The fourth-order valence-electron chi connectivity index (χ4n) is 2.37. The first-order valence-electron chi connectivity index (χ1n) is 7.73. The van der Waals surface area contributed by atoms with Gasteiger partial charge in [0.1, 0.15) is 5.82 Å². The third-order valence-corrected chi connectivity index (χ3v) is 3.78. The maximum Gasteiger partial charge on any atom is 0.329 e. The highest BCUT2D eigenvalue weighted by Crippen LogP contribution is 2.38. The van der Waals surface area contributed by atoms with Crippen molar-refractivity contribution in [1.82, 2.24) is 9.55 Å². The van der Waals surface area contributed by atoms with E-state index < -0.39 is 11.2 Å². The number of nitrogens with one attached hydrogen (secondary N) is 1. The lowest BCUT2D eigenvalue weighted by Gasteiger charge is -2.12. The van der Waals surface area contributed by atoms with Crippen LogP contribution in [0.2, 0.25) is 0 Å². The molecule has 0 aliphatic rings. The maximum atomic E-state index is 11.7. The molecule has 0 aliphatic heterocycles. The number of hydrogen-bond acceptors (Lipinski definition) is 6. The van der Waals surface area contributed by atoms with E-state index in [2.05, 4.69) is 9.98 Å². The van der Waals surface area contributed by atoms with Crippen molar-refractivity contribution < 1.29 is 14.2 Å². The third kappa shape index (κ3) is 3.85. The van der Waals surface area contributed by atoms with Crippen molar-refractivity contribution in [3.8, 4) is 17.2 Å². The average molecular weight is 359 g/mol. The molecule has 0 fully saturated rings. The lowest BCUT2D eigenvalue weighted by atomic mass is 10.1. The SMILES string of the molecule is COc1cc(/C=C/C=N/c2c(C)c(=O)[nH]c(=O)n2C)cc(OC)c1OC. The van der Waals surface area contributed by atoms with Gasteiger partial charge in [0.05, 0.1) is 26.9 Å². The second-order valence-electron chi connectivity index (χ2n) is 5.36. The monoisotopic (exact) mass is 359 g/mol. The zero-order chi connectivity index (χ0) is 19.3. The number of methoxy groups -OCH3 is 3. The van der Waals surface area contributed by atoms with E-state index in [1.54, 1.807) is 52.5 Å². The standard InChI is InChI=1S/C18H21N3O5/c1-11-16(21(2)18(23)20-17(11)22)19-8-6-7-12-9-13(24-3)15(26-5)14(10-12)25-4/h6-10H,1-5H3,(H,20,22,23)/b7-6+,19-8+. The van der Waals surface area contributed by atoms with Crippen molar-refractivity contribution in [2.24, 2.45) is 12.0 Å². The molecule has 0 unspecified atom stereocenters. The summed E-state index contributed by atoms with van der Waals surface area (Å²) in [5, 5.41) is 0. The van der Waals surface area contributed by atoms with Gasteiger partial charge in [0.15, 0.2) is 11.5 Å². The molecule has 8 heteroatoms. The molecule has 0 spiro atoms. The summed E-state index contributed by atoms with van der Waals surface area (Å²) in [6, 6.07) is 3.58. The fraction of sp³-hybridized carbons (Fsp3) is 0.278. The zero-order valence-corrected chi connectivity index (χ0v) is 15.3.